The Morgan fingerprint density at radius 1 is 1.62 bits per heavy atom. The molecule has 13 heavy (non-hydrogen) atoms. The Bertz CT molecular complexity index is 326. The van der Waals surface area contributed by atoms with E-state index in [1.165, 1.54) is 6.07 Å². The molecule has 4 heteroatoms. The molecule has 1 rings (SSSR count). The third-order valence-corrected chi connectivity index (χ3v) is 2.12. The van der Waals surface area contributed by atoms with Crippen LogP contribution in [-0.4, -0.2) is 12.9 Å². The Hall–Kier alpha value is -0.900. The van der Waals surface area contributed by atoms with Gasteiger partial charge in [0.2, 0.25) is 0 Å². The van der Waals surface area contributed by atoms with Gasteiger partial charge in [0.15, 0.2) is 17.9 Å². The van der Waals surface area contributed by atoms with Gasteiger partial charge in [-0.05, 0) is 35.0 Å². The summed E-state index contributed by atoms with van der Waals surface area (Å²) in [6.45, 7) is 2.11. The molecule has 0 bridgehead atoms. The third-order valence-electron chi connectivity index (χ3n) is 1.49. The van der Waals surface area contributed by atoms with Crippen LogP contribution in [0.4, 0.5) is 4.39 Å². The molecule has 0 N–H and O–H groups in total. The summed E-state index contributed by atoms with van der Waals surface area (Å²) in [5.74, 6) is -0.529. The summed E-state index contributed by atoms with van der Waals surface area (Å²) < 4.78 is 18.9. The highest BCUT2D eigenvalue weighted by atomic mass is 79.9. The smallest absolute Gasteiger partial charge is 0.176 e. The van der Waals surface area contributed by atoms with Crippen LogP contribution in [0.5, 0.6) is 5.75 Å². The monoisotopic (exact) mass is 246 g/mol. The maximum atomic E-state index is 13.3. The maximum Gasteiger partial charge on any atom is 0.176 e. The molecule has 0 unspecified atom stereocenters. The van der Waals surface area contributed by atoms with E-state index in [-0.39, 0.29) is 11.3 Å². The largest absolute Gasteiger partial charge is 0.490 e. The summed E-state index contributed by atoms with van der Waals surface area (Å²) in [6.07, 6.45) is 0.463. The lowest BCUT2D eigenvalue weighted by Gasteiger charge is -2.07. The van der Waals surface area contributed by atoms with E-state index in [0.717, 1.165) is 0 Å². The molecule has 0 radical (unpaired) electrons. The number of benzene rings is 1. The van der Waals surface area contributed by atoms with Gasteiger partial charge >= 0.3 is 0 Å². The Balaban J connectivity index is 3.21. The van der Waals surface area contributed by atoms with Crippen molar-refractivity contribution in [2.45, 2.75) is 6.92 Å². The van der Waals surface area contributed by atoms with E-state index in [2.05, 4.69) is 15.9 Å². The second-order valence-corrected chi connectivity index (χ2v) is 3.18. The summed E-state index contributed by atoms with van der Waals surface area (Å²) in [5.41, 5.74) is 0.00616. The van der Waals surface area contributed by atoms with Gasteiger partial charge in [0, 0.05) is 0 Å². The molecule has 0 aliphatic heterocycles. The van der Waals surface area contributed by atoms with Crippen molar-refractivity contribution in [1.82, 2.24) is 0 Å². The van der Waals surface area contributed by atoms with E-state index in [1.54, 1.807) is 13.0 Å². The number of carbonyl (C=O) groups excluding carboxylic acids is 1. The number of halogens is 2. The number of aldehydes is 1. The minimum Gasteiger partial charge on any atom is -0.490 e. The summed E-state index contributed by atoms with van der Waals surface area (Å²) in [7, 11) is 0. The summed E-state index contributed by atoms with van der Waals surface area (Å²) >= 11 is 3.13. The van der Waals surface area contributed by atoms with E-state index in [9.17, 15) is 9.18 Å². The van der Waals surface area contributed by atoms with E-state index >= 15 is 0 Å². The van der Waals surface area contributed by atoms with Gasteiger partial charge in [-0.25, -0.2) is 4.39 Å². The van der Waals surface area contributed by atoms with Crippen LogP contribution in [0.3, 0.4) is 0 Å². The van der Waals surface area contributed by atoms with E-state index in [1.807, 2.05) is 0 Å². The van der Waals surface area contributed by atoms with Crippen molar-refractivity contribution in [2.24, 2.45) is 0 Å². The molecule has 0 saturated heterocycles. The predicted molar refractivity (Wildman–Crippen MR) is 50.7 cm³/mol. The topological polar surface area (TPSA) is 26.3 Å². The van der Waals surface area contributed by atoms with Crippen LogP contribution < -0.4 is 4.74 Å². The Labute approximate surface area is 83.8 Å². The second-order valence-electron chi connectivity index (χ2n) is 2.33. The molecule has 2 nitrogen and oxygen atoms in total. The van der Waals surface area contributed by atoms with Crippen molar-refractivity contribution in [1.29, 1.82) is 0 Å². The molecular weight excluding hydrogens is 239 g/mol. The molecule has 0 aliphatic rings. The zero-order chi connectivity index (χ0) is 9.84. The fraction of sp³-hybridized carbons (Fsp3) is 0.222. The lowest BCUT2D eigenvalue weighted by atomic mass is 10.2. The highest BCUT2D eigenvalue weighted by molar-refractivity contribution is 9.10. The number of hydrogen-bond donors (Lipinski definition) is 0. The SMILES string of the molecule is CCOc1c(Br)ccc(C=O)c1F. The van der Waals surface area contributed by atoms with Crippen LogP contribution in [0.1, 0.15) is 17.3 Å². The molecule has 0 fully saturated rings. The Morgan fingerprint density at radius 3 is 2.85 bits per heavy atom. The fourth-order valence-corrected chi connectivity index (χ4v) is 1.34. The zero-order valence-corrected chi connectivity index (χ0v) is 8.60. The first-order valence-electron chi connectivity index (χ1n) is 3.76. The van der Waals surface area contributed by atoms with Crippen LogP contribution in [0.25, 0.3) is 0 Å². The van der Waals surface area contributed by atoms with Gasteiger partial charge in [-0.3, -0.25) is 4.79 Å². The average Bonchev–Trinajstić information content (AvgIpc) is 2.12. The molecule has 0 atom stereocenters. The van der Waals surface area contributed by atoms with Crippen LogP contribution in [-0.2, 0) is 0 Å². The lowest BCUT2D eigenvalue weighted by Crippen LogP contribution is -1.98. The van der Waals surface area contributed by atoms with Crippen molar-refractivity contribution in [2.75, 3.05) is 6.61 Å². The first-order valence-corrected chi connectivity index (χ1v) is 4.56. The van der Waals surface area contributed by atoms with Crippen LogP contribution in [0.2, 0.25) is 0 Å². The second kappa shape index (κ2) is 4.37. The summed E-state index contributed by atoms with van der Waals surface area (Å²) in [6, 6.07) is 2.98. The van der Waals surface area contributed by atoms with Crippen molar-refractivity contribution in [3.8, 4) is 5.75 Å². The summed E-state index contributed by atoms with van der Waals surface area (Å²) in [5, 5.41) is 0. The van der Waals surface area contributed by atoms with Gasteiger partial charge in [0.25, 0.3) is 0 Å². The molecule has 1 aromatic carbocycles. The van der Waals surface area contributed by atoms with Crippen molar-refractivity contribution in [3.63, 3.8) is 0 Å². The highest BCUT2D eigenvalue weighted by Gasteiger charge is 2.12. The quantitative estimate of drug-likeness (QED) is 0.767. The number of ether oxygens (including phenoxy) is 1. The molecular formula is C9H8BrFO2. The number of hydrogen-bond acceptors (Lipinski definition) is 2. The molecule has 0 amide bonds. The van der Waals surface area contributed by atoms with Crippen LogP contribution in [0, 0.1) is 5.82 Å². The van der Waals surface area contributed by atoms with Gasteiger partial charge in [-0.2, -0.15) is 0 Å². The normalized spacial score (nSPS) is 9.77. The standard InChI is InChI=1S/C9H8BrFO2/c1-2-13-9-7(10)4-3-6(5-12)8(9)11/h3-5H,2H2,1H3. The third kappa shape index (κ3) is 2.06. The van der Waals surface area contributed by atoms with Gasteiger partial charge in [0.05, 0.1) is 16.6 Å². The molecule has 1 aromatic rings. The zero-order valence-electron chi connectivity index (χ0n) is 7.01. The maximum absolute atomic E-state index is 13.3. The van der Waals surface area contributed by atoms with Gasteiger partial charge < -0.3 is 4.74 Å². The molecule has 0 heterocycles. The predicted octanol–water partition coefficient (Wildman–Crippen LogP) is 2.80. The van der Waals surface area contributed by atoms with Crippen molar-refractivity contribution in [3.05, 3.63) is 28.0 Å². The number of carbonyl (C=O) groups is 1. The molecule has 0 aliphatic carbocycles. The Morgan fingerprint density at radius 2 is 2.31 bits per heavy atom. The minimum atomic E-state index is -0.619. The lowest BCUT2D eigenvalue weighted by molar-refractivity contribution is 0.111. The van der Waals surface area contributed by atoms with Crippen LogP contribution >= 0.6 is 15.9 Å². The minimum absolute atomic E-state index is 0.00616. The van der Waals surface area contributed by atoms with Gasteiger partial charge in [-0.1, -0.05) is 0 Å². The molecule has 0 spiro atoms. The van der Waals surface area contributed by atoms with Crippen molar-refractivity contribution < 1.29 is 13.9 Å². The number of rotatable bonds is 3. The summed E-state index contributed by atoms with van der Waals surface area (Å²) in [4.78, 5) is 10.4. The first-order chi connectivity index (χ1) is 6.20. The van der Waals surface area contributed by atoms with Crippen molar-refractivity contribution >= 4 is 22.2 Å². The molecule has 0 saturated carbocycles. The molecule has 0 aromatic heterocycles. The van der Waals surface area contributed by atoms with E-state index in [0.29, 0.717) is 17.4 Å². The van der Waals surface area contributed by atoms with Gasteiger partial charge in [0.1, 0.15) is 0 Å². The van der Waals surface area contributed by atoms with E-state index in [4.69, 9.17) is 4.74 Å². The fourth-order valence-electron chi connectivity index (χ4n) is 0.915. The first kappa shape index (κ1) is 10.2. The van der Waals surface area contributed by atoms with Gasteiger partial charge in [-0.15, -0.1) is 0 Å². The molecule has 70 valence electrons. The van der Waals surface area contributed by atoms with E-state index < -0.39 is 5.82 Å². The highest BCUT2D eigenvalue weighted by Crippen LogP contribution is 2.29. The van der Waals surface area contributed by atoms with Crippen LogP contribution in [0.15, 0.2) is 16.6 Å². The average molecular weight is 247 g/mol. The Kier molecular flexibility index (Phi) is 3.42.